The van der Waals surface area contributed by atoms with Gasteiger partial charge in [0.15, 0.2) is 17.6 Å². The average molecular weight is 380 g/mol. The number of nitrogens with one attached hydrogen (secondary N) is 1. The Hall–Kier alpha value is -3.55. The van der Waals surface area contributed by atoms with Crippen molar-refractivity contribution in [2.24, 2.45) is 7.05 Å². The Balaban J connectivity index is 1.36. The van der Waals surface area contributed by atoms with Gasteiger partial charge in [0, 0.05) is 43.8 Å². The average Bonchev–Trinajstić information content (AvgIpc) is 3.34. The van der Waals surface area contributed by atoms with E-state index in [-0.39, 0.29) is 12.7 Å². The van der Waals surface area contributed by atoms with Crippen LogP contribution in [0.15, 0.2) is 48.9 Å². The Labute approximate surface area is 162 Å². The first kappa shape index (κ1) is 17.8. The first-order valence-electron chi connectivity index (χ1n) is 8.86. The van der Waals surface area contributed by atoms with Gasteiger partial charge in [0.1, 0.15) is 5.75 Å². The van der Waals surface area contributed by atoms with Crippen LogP contribution in [0.4, 0.5) is 0 Å². The third kappa shape index (κ3) is 3.75. The molecule has 0 bridgehead atoms. The third-order valence-corrected chi connectivity index (χ3v) is 4.40. The number of carbonyl (C=O) groups is 1. The van der Waals surface area contributed by atoms with E-state index in [1.54, 1.807) is 48.4 Å². The molecule has 1 atom stereocenters. The molecule has 0 saturated heterocycles. The molecule has 1 amide bonds. The fourth-order valence-electron chi connectivity index (χ4n) is 2.92. The van der Waals surface area contributed by atoms with Gasteiger partial charge in [-0.05, 0) is 36.8 Å². The highest BCUT2D eigenvalue weighted by Gasteiger charge is 2.18. The van der Waals surface area contributed by atoms with Crippen LogP contribution in [-0.2, 0) is 18.4 Å². The van der Waals surface area contributed by atoms with Crippen LogP contribution in [0.5, 0.6) is 17.2 Å². The molecule has 0 fully saturated rings. The van der Waals surface area contributed by atoms with Crippen LogP contribution >= 0.6 is 0 Å². The maximum atomic E-state index is 12.4. The molecule has 0 unspecified atom stereocenters. The normalized spacial score (nSPS) is 13.2. The second-order valence-electron chi connectivity index (χ2n) is 6.41. The number of aromatic nitrogens is 3. The number of fused-ring (bicyclic) bond motifs is 1. The molecule has 0 saturated carbocycles. The maximum Gasteiger partial charge on any atom is 0.261 e. The smallest absolute Gasteiger partial charge is 0.261 e. The first-order chi connectivity index (χ1) is 13.6. The van der Waals surface area contributed by atoms with E-state index in [1.807, 2.05) is 19.2 Å². The molecule has 144 valence electrons. The van der Waals surface area contributed by atoms with E-state index in [0.29, 0.717) is 23.8 Å². The lowest BCUT2D eigenvalue weighted by Crippen LogP contribution is -2.35. The van der Waals surface area contributed by atoms with Gasteiger partial charge in [-0.2, -0.15) is 5.10 Å². The van der Waals surface area contributed by atoms with Gasteiger partial charge in [0.05, 0.1) is 5.69 Å². The highest BCUT2D eigenvalue weighted by molar-refractivity contribution is 5.80. The van der Waals surface area contributed by atoms with Gasteiger partial charge in [-0.15, -0.1) is 0 Å². The number of nitrogens with zero attached hydrogens (tertiary/aromatic N) is 3. The van der Waals surface area contributed by atoms with Crippen LogP contribution < -0.4 is 19.5 Å². The van der Waals surface area contributed by atoms with Gasteiger partial charge >= 0.3 is 0 Å². The topological polar surface area (TPSA) is 87.5 Å². The maximum absolute atomic E-state index is 12.4. The summed E-state index contributed by atoms with van der Waals surface area (Å²) in [7, 11) is 1.87. The fraction of sp³-hybridized carbons (Fsp3) is 0.250. The van der Waals surface area contributed by atoms with E-state index in [1.165, 1.54) is 0 Å². The van der Waals surface area contributed by atoms with Gasteiger partial charge in [0.2, 0.25) is 6.79 Å². The lowest BCUT2D eigenvalue weighted by Gasteiger charge is -2.15. The Morgan fingerprint density at radius 2 is 2.11 bits per heavy atom. The van der Waals surface area contributed by atoms with Crippen molar-refractivity contribution >= 4 is 5.91 Å². The van der Waals surface area contributed by atoms with Crippen LogP contribution in [0.1, 0.15) is 12.5 Å². The fourth-order valence-corrected chi connectivity index (χ4v) is 2.92. The molecule has 1 N–H and O–H groups in total. The molecule has 1 aliphatic heterocycles. The van der Waals surface area contributed by atoms with Gasteiger partial charge in [-0.25, -0.2) is 0 Å². The second kappa shape index (κ2) is 7.59. The highest BCUT2D eigenvalue weighted by atomic mass is 16.7. The van der Waals surface area contributed by atoms with Gasteiger partial charge in [0.25, 0.3) is 5.91 Å². The molecule has 1 aromatic carbocycles. The molecule has 3 aromatic rings. The number of pyridine rings is 1. The standard InChI is InChI=1S/C20H20N4O4/c1-13(28-16-3-4-18-19(8-16)27-12-26-18)20(25)22-10-14-7-15(11-21-9-14)17-5-6-23-24(17)2/h3-9,11,13H,10,12H2,1-2H3,(H,22,25)/t13-/m1/s1. The van der Waals surface area contributed by atoms with Gasteiger partial charge in [-0.3, -0.25) is 14.5 Å². The summed E-state index contributed by atoms with van der Waals surface area (Å²) in [4.78, 5) is 16.7. The molecule has 1 aliphatic rings. The molecule has 0 radical (unpaired) electrons. The number of hydrogen-bond donors (Lipinski definition) is 1. The summed E-state index contributed by atoms with van der Waals surface area (Å²) >= 11 is 0. The van der Waals surface area contributed by atoms with E-state index in [9.17, 15) is 4.79 Å². The Bertz CT molecular complexity index is 1000. The monoisotopic (exact) mass is 380 g/mol. The second-order valence-corrected chi connectivity index (χ2v) is 6.41. The van der Waals surface area contributed by atoms with Crippen molar-refractivity contribution in [3.05, 3.63) is 54.5 Å². The summed E-state index contributed by atoms with van der Waals surface area (Å²) in [6, 6.07) is 9.12. The van der Waals surface area contributed by atoms with Crippen LogP contribution in [0.25, 0.3) is 11.3 Å². The number of amides is 1. The van der Waals surface area contributed by atoms with Gasteiger partial charge in [-0.1, -0.05) is 0 Å². The number of benzene rings is 1. The molecular formula is C20H20N4O4. The zero-order valence-electron chi connectivity index (χ0n) is 15.6. The third-order valence-electron chi connectivity index (χ3n) is 4.40. The van der Waals surface area contributed by atoms with Crippen molar-refractivity contribution in [2.45, 2.75) is 19.6 Å². The zero-order valence-corrected chi connectivity index (χ0v) is 15.6. The van der Waals surface area contributed by atoms with E-state index >= 15 is 0 Å². The lowest BCUT2D eigenvalue weighted by atomic mass is 10.1. The Kier molecular flexibility index (Phi) is 4.84. The van der Waals surface area contributed by atoms with E-state index in [0.717, 1.165) is 16.8 Å². The molecule has 0 aliphatic carbocycles. The molecule has 8 nitrogen and oxygen atoms in total. The van der Waals surface area contributed by atoms with Crippen molar-refractivity contribution in [3.8, 4) is 28.5 Å². The SMILES string of the molecule is C[C@@H](Oc1ccc2c(c1)OCO2)C(=O)NCc1cncc(-c2ccnn2C)c1. The van der Waals surface area contributed by atoms with Crippen molar-refractivity contribution in [3.63, 3.8) is 0 Å². The zero-order chi connectivity index (χ0) is 19.5. The van der Waals surface area contributed by atoms with Crippen LogP contribution in [0.3, 0.4) is 0 Å². The number of rotatable bonds is 6. The summed E-state index contributed by atoms with van der Waals surface area (Å²) in [6.07, 6.45) is 4.57. The summed E-state index contributed by atoms with van der Waals surface area (Å²) in [5, 5.41) is 7.04. The van der Waals surface area contributed by atoms with E-state index in [2.05, 4.69) is 15.4 Å². The van der Waals surface area contributed by atoms with E-state index in [4.69, 9.17) is 14.2 Å². The van der Waals surface area contributed by atoms with Crippen molar-refractivity contribution in [1.29, 1.82) is 0 Å². The minimum atomic E-state index is -0.659. The molecule has 4 rings (SSSR count). The lowest BCUT2D eigenvalue weighted by molar-refractivity contribution is -0.127. The molecule has 8 heteroatoms. The van der Waals surface area contributed by atoms with E-state index < -0.39 is 6.10 Å². The first-order valence-corrected chi connectivity index (χ1v) is 8.86. The molecule has 2 aromatic heterocycles. The molecule has 28 heavy (non-hydrogen) atoms. The van der Waals surface area contributed by atoms with Crippen molar-refractivity contribution < 1.29 is 19.0 Å². The minimum absolute atomic E-state index is 0.195. The summed E-state index contributed by atoms with van der Waals surface area (Å²) in [5.41, 5.74) is 2.79. The Morgan fingerprint density at radius 3 is 2.93 bits per heavy atom. The number of carbonyl (C=O) groups excluding carboxylic acids is 1. The molecular weight excluding hydrogens is 360 g/mol. The molecule has 0 spiro atoms. The van der Waals surface area contributed by atoms with Gasteiger partial charge < -0.3 is 19.5 Å². The largest absolute Gasteiger partial charge is 0.481 e. The van der Waals surface area contributed by atoms with Crippen molar-refractivity contribution in [1.82, 2.24) is 20.1 Å². The number of ether oxygens (including phenoxy) is 3. The summed E-state index contributed by atoms with van der Waals surface area (Å²) in [5.74, 6) is 1.61. The number of aryl methyl sites for hydroxylation is 1. The predicted octanol–water partition coefficient (Wildman–Crippen LogP) is 2.29. The molecule has 3 heterocycles. The van der Waals surface area contributed by atoms with Crippen LogP contribution in [0, 0.1) is 0 Å². The van der Waals surface area contributed by atoms with Crippen molar-refractivity contribution in [2.75, 3.05) is 6.79 Å². The summed E-state index contributed by atoms with van der Waals surface area (Å²) in [6.45, 7) is 2.25. The van der Waals surface area contributed by atoms with Crippen LogP contribution in [0.2, 0.25) is 0 Å². The number of hydrogen-bond acceptors (Lipinski definition) is 6. The van der Waals surface area contributed by atoms with Crippen LogP contribution in [-0.4, -0.2) is 33.6 Å². The Morgan fingerprint density at radius 1 is 1.25 bits per heavy atom. The predicted molar refractivity (Wildman–Crippen MR) is 101 cm³/mol. The minimum Gasteiger partial charge on any atom is -0.481 e. The summed E-state index contributed by atoms with van der Waals surface area (Å²) < 4.78 is 18.1. The quantitative estimate of drug-likeness (QED) is 0.706. The highest BCUT2D eigenvalue weighted by Crippen LogP contribution is 2.35.